The van der Waals surface area contributed by atoms with Crippen LogP contribution in [0.1, 0.15) is 19.8 Å². The Hall–Kier alpha value is -2.35. The van der Waals surface area contributed by atoms with Gasteiger partial charge in [-0.1, -0.05) is 23.2 Å². The third-order valence-corrected chi connectivity index (χ3v) is 6.37. The minimum atomic E-state index is -0.299. The van der Waals surface area contributed by atoms with Crippen LogP contribution in [0.25, 0.3) is 16.6 Å². The summed E-state index contributed by atoms with van der Waals surface area (Å²) in [7, 11) is 1.39. The molecule has 0 bridgehead atoms. The fourth-order valence-electron chi connectivity index (χ4n) is 3.93. The van der Waals surface area contributed by atoms with E-state index in [0.29, 0.717) is 28.8 Å². The molecule has 3 aromatic rings. The Labute approximate surface area is 190 Å². The van der Waals surface area contributed by atoms with Gasteiger partial charge in [-0.3, -0.25) is 4.79 Å². The lowest BCUT2D eigenvalue weighted by atomic mass is 10.1. The maximum absolute atomic E-state index is 11.6. The van der Waals surface area contributed by atoms with Gasteiger partial charge in [-0.25, -0.2) is 9.97 Å². The van der Waals surface area contributed by atoms with Crippen LogP contribution in [0.4, 0.5) is 5.82 Å². The minimum Gasteiger partial charge on any atom is -0.469 e. The highest BCUT2D eigenvalue weighted by molar-refractivity contribution is 6.45. The van der Waals surface area contributed by atoms with Gasteiger partial charge in [0.2, 0.25) is 0 Å². The first-order valence-electron chi connectivity index (χ1n) is 10.2. The number of halogens is 2. The quantitative estimate of drug-likeness (QED) is 0.480. The van der Waals surface area contributed by atoms with Crippen molar-refractivity contribution in [3.05, 3.63) is 47.0 Å². The van der Waals surface area contributed by atoms with Crippen molar-refractivity contribution in [2.45, 2.75) is 25.8 Å². The molecular formula is C22H24Cl2N4O3. The van der Waals surface area contributed by atoms with Gasteiger partial charge in [-0.05, 0) is 31.9 Å². The highest BCUT2D eigenvalue weighted by atomic mass is 35.5. The number of fused-ring (bicyclic) bond motifs is 1. The van der Waals surface area contributed by atoms with E-state index in [9.17, 15) is 4.79 Å². The molecule has 1 aliphatic heterocycles. The summed E-state index contributed by atoms with van der Waals surface area (Å²) < 4.78 is 12.6. The van der Waals surface area contributed by atoms with E-state index in [1.54, 1.807) is 25.5 Å². The van der Waals surface area contributed by atoms with Crippen LogP contribution in [0.5, 0.6) is 0 Å². The third kappa shape index (κ3) is 4.49. The van der Waals surface area contributed by atoms with Gasteiger partial charge in [0.15, 0.2) is 0 Å². The topological polar surface area (TPSA) is 69.5 Å². The molecule has 0 radical (unpaired) electrons. The molecule has 1 aliphatic rings. The molecule has 164 valence electrons. The molecule has 0 amide bonds. The van der Waals surface area contributed by atoms with Crippen LogP contribution in [0.2, 0.25) is 10.0 Å². The Kier molecular flexibility index (Phi) is 6.65. The van der Waals surface area contributed by atoms with E-state index in [0.717, 1.165) is 36.3 Å². The molecule has 1 fully saturated rings. The average molecular weight is 463 g/mol. The Bertz CT molecular complexity index is 1070. The van der Waals surface area contributed by atoms with E-state index in [-0.39, 0.29) is 17.9 Å². The normalized spacial score (nSPS) is 17.3. The number of carbonyl (C=O) groups is 1. The Morgan fingerprint density at radius 3 is 2.94 bits per heavy atom. The first-order chi connectivity index (χ1) is 15.0. The van der Waals surface area contributed by atoms with Gasteiger partial charge < -0.3 is 18.9 Å². The lowest BCUT2D eigenvalue weighted by Gasteiger charge is -2.27. The summed E-state index contributed by atoms with van der Waals surface area (Å²) in [4.78, 5) is 22.9. The number of hydrogen-bond acceptors (Lipinski definition) is 6. The standard InChI is InChI=1S/C22H24Cl2N4O3/c1-14(22(29)30-2)11-31-12-15-4-3-8-28(15)19-10-18(27-9-7-25-13-27)16-5-6-17(23)20(24)21(16)26-19/h5-7,9-10,13-15H,3-4,8,11-12H2,1-2H3/t14?,15-/m0/s1. The van der Waals surface area contributed by atoms with Crippen LogP contribution >= 0.6 is 23.2 Å². The zero-order valence-electron chi connectivity index (χ0n) is 17.4. The van der Waals surface area contributed by atoms with Gasteiger partial charge in [0.05, 0.1) is 59.9 Å². The van der Waals surface area contributed by atoms with E-state index < -0.39 is 0 Å². The van der Waals surface area contributed by atoms with Crippen LogP contribution < -0.4 is 4.90 Å². The predicted molar refractivity (Wildman–Crippen MR) is 121 cm³/mol. The first-order valence-corrected chi connectivity index (χ1v) is 10.9. The molecule has 9 heteroatoms. The van der Waals surface area contributed by atoms with E-state index >= 15 is 0 Å². The Morgan fingerprint density at radius 1 is 1.35 bits per heavy atom. The van der Waals surface area contributed by atoms with E-state index in [1.807, 2.05) is 22.9 Å². The van der Waals surface area contributed by atoms with Crippen molar-refractivity contribution in [2.75, 3.05) is 31.8 Å². The maximum Gasteiger partial charge on any atom is 0.310 e. The molecule has 0 aliphatic carbocycles. The molecule has 4 rings (SSSR count). The lowest BCUT2D eigenvalue weighted by molar-refractivity contribution is -0.146. The summed E-state index contributed by atoms with van der Waals surface area (Å²) in [6.07, 6.45) is 7.39. The van der Waals surface area contributed by atoms with Gasteiger partial charge >= 0.3 is 5.97 Å². The van der Waals surface area contributed by atoms with Crippen molar-refractivity contribution in [3.63, 3.8) is 0 Å². The fraction of sp³-hybridized carbons (Fsp3) is 0.409. The molecule has 0 saturated carbocycles. The van der Waals surface area contributed by atoms with E-state index in [4.69, 9.17) is 37.7 Å². The molecule has 7 nitrogen and oxygen atoms in total. The Balaban J connectivity index is 1.63. The van der Waals surface area contributed by atoms with Gasteiger partial charge in [-0.15, -0.1) is 0 Å². The third-order valence-electron chi connectivity index (χ3n) is 5.57. The number of ether oxygens (including phenoxy) is 2. The zero-order chi connectivity index (χ0) is 22.0. The Morgan fingerprint density at radius 2 is 2.19 bits per heavy atom. The molecule has 1 aromatic carbocycles. The molecule has 31 heavy (non-hydrogen) atoms. The van der Waals surface area contributed by atoms with Crippen LogP contribution in [-0.2, 0) is 14.3 Å². The van der Waals surface area contributed by atoms with E-state index in [1.165, 1.54) is 7.11 Å². The summed E-state index contributed by atoms with van der Waals surface area (Å²) >= 11 is 12.8. The number of anilines is 1. The molecule has 0 spiro atoms. The predicted octanol–water partition coefficient (Wildman–Crippen LogP) is 4.52. The van der Waals surface area contributed by atoms with Crippen LogP contribution in [0.3, 0.4) is 0 Å². The summed E-state index contributed by atoms with van der Waals surface area (Å²) in [6.45, 7) is 3.49. The van der Waals surface area contributed by atoms with Crippen molar-refractivity contribution in [2.24, 2.45) is 5.92 Å². The number of aromatic nitrogens is 3. The number of pyridine rings is 1. The molecule has 1 unspecified atom stereocenters. The van der Waals surface area contributed by atoms with Gasteiger partial charge in [0, 0.05) is 30.4 Å². The SMILES string of the molecule is COC(=O)C(C)COC[C@@H]1CCCN1c1cc(-n2ccnc2)c2ccc(Cl)c(Cl)c2n1. The van der Waals surface area contributed by atoms with Crippen LogP contribution in [0.15, 0.2) is 36.9 Å². The molecule has 2 aromatic heterocycles. The van der Waals surface area contributed by atoms with Gasteiger partial charge in [-0.2, -0.15) is 0 Å². The first kappa shape index (κ1) is 21.9. The molecule has 2 atom stereocenters. The summed E-state index contributed by atoms with van der Waals surface area (Å²) in [5.74, 6) is 0.246. The second-order valence-electron chi connectivity index (χ2n) is 7.68. The smallest absolute Gasteiger partial charge is 0.310 e. The number of hydrogen-bond donors (Lipinski definition) is 0. The van der Waals surface area contributed by atoms with Crippen LogP contribution in [0, 0.1) is 5.92 Å². The van der Waals surface area contributed by atoms with Gasteiger partial charge in [0.25, 0.3) is 0 Å². The van der Waals surface area contributed by atoms with Crippen molar-refractivity contribution >= 4 is 45.9 Å². The second kappa shape index (κ2) is 9.42. The number of benzene rings is 1. The number of rotatable bonds is 7. The lowest BCUT2D eigenvalue weighted by Crippen LogP contribution is -2.34. The molecule has 3 heterocycles. The summed E-state index contributed by atoms with van der Waals surface area (Å²) in [5.41, 5.74) is 1.59. The number of esters is 1. The van der Waals surface area contributed by atoms with Gasteiger partial charge in [0.1, 0.15) is 5.82 Å². The molecule has 0 N–H and O–H groups in total. The molecular weight excluding hydrogens is 439 g/mol. The number of methoxy groups -OCH3 is 1. The largest absolute Gasteiger partial charge is 0.469 e. The van der Waals surface area contributed by atoms with Crippen molar-refractivity contribution < 1.29 is 14.3 Å². The fourth-order valence-corrected chi connectivity index (χ4v) is 4.29. The summed E-state index contributed by atoms with van der Waals surface area (Å²) in [5, 5.41) is 1.80. The number of carbonyl (C=O) groups excluding carboxylic acids is 1. The van der Waals surface area contributed by atoms with Crippen molar-refractivity contribution in [1.82, 2.24) is 14.5 Å². The van der Waals surface area contributed by atoms with Crippen molar-refractivity contribution in [1.29, 1.82) is 0 Å². The number of imidazole rings is 1. The van der Waals surface area contributed by atoms with E-state index in [2.05, 4.69) is 9.88 Å². The highest BCUT2D eigenvalue weighted by Crippen LogP contribution is 2.36. The minimum absolute atomic E-state index is 0.156. The second-order valence-corrected chi connectivity index (χ2v) is 8.46. The maximum atomic E-state index is 11.6. The monoisotopic (exact) mass is 462 g/mol. The van der Waals surface area contributed by atoms with Crippen molar-refractivity contribution in [3.8, 4) is 5.69 Å². The highest BCUT2D eigenvalue weighted by Gasteiger charge is 2.28. The number of nitrogens with zero attached hydrogens (tertiary/aromatic N) is 4. The average Bonchev–Trinajstić information content (AvgIpc) is 3.47. The molecule has 1 saturated heterocycles. The zero-order valence-corrected chi connectivity index (χ0v) is 18.9. The summed E-state index contributed by atoms with van der Waals surface area (Å²) in [6, 6.07) is 5.91. The van der Waals surface area contributed by atoms with Crippen LogP contribution in [-0.4, -0.2) is 53.4 Å².